The van der Waals surface area contributed by atoms with E-state index in [0.29, 0.717) is 23.5 Å². The van der Waals surface area contributed by atoms with Crippen LogP contribution in [0.3, 0.4) is 0 Å². The summed E-state index contributed by atoms with van der Waals surface area (Å²) in [6.07, 6.45) is 1.01. The second kappa shape index (κ2) is 7.76. The van der Waals surface area contributed by atoms with E-state index in [4.69, 9.17) is 4.74 Å². The molecule has 0 fully saturated rings. The van der Waals surface area contributed by atoms with Crippen molar-refractivity contribution in [2.24, 2.45) is 0 Å². The minimum atomic E-state index is -0.215. The van der Waals surface area contributed by atoms with E-state index in [-0.39, 0.29) is 36.9 Å². The van der Waals surface area contributed by atoms with Crippen LogP contribution in [0.25, 0.3) is 0 Å². The SMILES string of the molecule is Cl.O=C1COc2ccc(C(=O)NCC3NCCc4ccccc43)cc2N1. The molecule has 2 heterocycles. The van der Waals surface area contributed by atoms with Crippen LogP contribution in [-0.2, 0) is 11.2 Å². The fraction of sp³-hybridized carbons (Fsp3) is 0.263. The second-order valence-electron chi connectivity index (χ2n) is 6.21. The number of hydrogen-bond donors (Lipinski definition) is 3. The van der Waals surface area contributed by atoms with Crippen molar-refractivity contribution in [1.29, 1.82) is 0 Å². The van der Waals surface area contributed by atoms with E-state index in [2.05, 4.69) is 28.1 Å². The van der Waals surface area contributed by atoms with Gasteiger partial charge in [0.25, 0.3) is 11.8 Å². The molecule has 2 amide bonds. The van der Waals surface area contributed by atoms with Crippen molar-refractivity contribution >= 4 is 29.9 Å². The van der Waals surface area contributed by atoms with Crippen LogP contribution in [0.15, 0.2) is 42.5 Å². The highest BCUT2D eigenvalue weighted by atomic mass is 35.5. The second-order valence-corrected chi connectivity index (χ2v) is 6.21. The van der Waals surface area contributed by atoms with E-state index >= 15 is 0 Å². The van der Waals surface area contributed by atoms with Crippen LogP contribution in [0.5, 0.6) is 5.75 Å². The summed E-state index contributed by atoms with van der Waals surface area (Å²) in [5.74, 6) is 0.194. The number of rotatable bonds is 3. The molecule has 1 atom stereocenters. The molecule has 0 spiro atoms. The Morgan fingerprint density at radius 1 is 1.23 bits per heavy atom. The molecule has 1 unspecified atom stereocenters. The summed E-state index contributed by atoms with van der Waals surface area (Å²) >= 11 is 0. The number of amides is 2. The van der Waals surface area contributed by atoms with E-state index in [0.717, 1.165) is 13.0 Å². The number of fused-ring (bicyclic) bond motifs is 2. The van der Waals surface area contributed by atoms with Crippen molar-refractivity contribution < 1.29 is 14.3 Å². The van der Waals surface area contributed by atoms with Gasteiger partial charge in [0.15, 0.2) is 6.61 Å². The lowest BCUT2D eigenvalue weighted by Gasteiger charge is -2.27. The largest absolute Gasteiger partial charge is 0.482 e. The minimum Gasteiger partial charge on any atom is -0.482 e. The van der Waals surface area contributed by atoms with Gasteiger partial charge in [-0.3, -0.25) is 9.59 Å². The molecule has 0 bridgehead atoms. The molecule has 26 heavy (non-hydrogen) atoms. The molecule has 2 aliphatic heterocycles. The predicted octanol–water partition coefficient (Wildman–Crippen LogP) is 2.06. The molecule has 0 aliphatic carbocycles. The Labute approximate surface area is 157 Å². The fourth-order valence-electron chi connectivity index (χ4n) is 3.30. The number of anilines is 1. The van der Waals surface area contributed by atoms with E-state index in [1.54, 1.807) is 18.2 Å². The van der Waals surface area contributed by atoms with Gasteiger partial charge in [0.1, 0.15) is 5.75 Å². The van der Waals surface area contributed by atoms with Crippen molar-refractivity contribution in [3.8, 4) is 5.75 Å². The predicted molar refractivity (Wildman–Crippen MR) is 101 cm³/mol. The molecule has 0 aromatic heterocycles. The summed E-state index contributed by atoms with van der Waals surface area (Å²) < 4.78 is 5.31. The van der Waals surface area contributed by atoms with Crippen molar-refractivity contribution in [2.75, 3.05) is 25.0 Å². The van der Waals surface area contributed by atoms with E-state index in [1.807, 2.05) is 12.1 Å². The lowest BCUT2D eigenvalue weighted by molar-refractivity contribution is -0.118. The Hall–Kier alpha value is -2.57. The smallest absolute Gasteiger partial charge is 0.262 e. The maximum atomic E-state index is 12.5. The molecule has 7 heteroatoms. The lowest BCUT2D eigenvalue weighted by Crippen LogP contribution is -2.38. The Balaban J connectivity index is 0.00000196. The maximum absolute atomic E-state index is 12.5. The highest BCUT2D eigenvalue weighted by Crippen LogP contribution is 2.28. The molecule has 2 aromatic rings. The molecule has 2 aromatic carbocycles. The van der Waals surface area contributed by atoms with Gasteiger partial charge in [-0.2, -0.15) is 0 Å². The third kappa shape index (κ3) is 3.66. The van der Waals surface area contributed by atoms with Gasteiger partial charge >= 0.3 is 0 Å². The zero-order chi connectivity index (χ0) is 17.2. The Bertz CT molecular complexity index is 841. The topological polar surface area (TPSA) is 79.5 Å². The van der Waals surface area contributed by atoms with Crippen molar-refractivity contribution in [1.82, 2.24) is 10.6 Å². The average Bonchev–Trinajstić information content (AvgIpc) is 2.65. The van der Waals surface area contributed by atoms with Crippen LogP contribution >= 0.6 is 12.4 Å². The Morgan fingerprint density at radius 3 is 2.96 bits per heavy atom. The fourth-order valence-corrected chi connectivity index (χ4v) is 3.30. The minimum absolute atomic E-state index is 0. The molecule has 4 rings (SSSR count). The third-order valence-corrected chi connectivity index (χ3v) is 4.56. The molecule has 2 aliphatic rings. The number of carbonyl (C=O) groups excluding carboxylic acids is 2. The van der Waals surface area contributed by atoms with Crippen LogP contribution in [0.2, 0.25) is 0 Å². The molecule has 136 valence electrons. The highest BCUT2D eigenvalue weighted by molar-refractivity contribution is 5.99. The first-order valence-corrected chi connectivity index (χ1v) is 8.37. The number of ether oxygens (including phenoxy) is 1. The number of nitrogens with one attached hydrogen (secondary N) is 3. The molecular formula is C19H20ClN3O3. The first-order chi connectivity index (χ1) is 12.2. The zero-order valence-electron chi connectivity index (χ0n) is 14.1. The standard InChI is InChI=1S/C19H19N3O3.ClH/c23-18-11-25-17-6-5-13(9-15(17)22-18)19(24)21-10-16-14-4-2-1-3-12(14)7-8-20-16;/h1-6,9,16,20H,7-8,10-11H2,(H,21,24)(H,22,23);1H. The van der Waals surface area contributed by atoms with Crippen molar-refractivity contribution in [3.63, 3.8) is 0 Å². The van der Waals surface area contributed by atoms with Gasteiger partial charge in [-0.25, -0.2) is 0 Å². The summed E-state index contributed by atoms with van der Waals surface area (Å²) in [6, 6.07) is 13.5. The van der Waals surface area contributed by atoms with E-state index in [9.17, 15) is 9.59 Å². The average molecular weight is 374 g/mol. The quantitative estimate of drug-likeness (QED) is 0.769. The van der Waals surface area contributed by atoms with Gasteiger partial charge in [0.05, 0.1) is 5.69 Å². The van der Waals surface area contributed by atoms with Gasteiger partial charge in [0, 0.05) is 18.2 Å². The lowest BCUT2D eigenvalue weighted by atomic mass is 9.94. The summed E-state index contributed by atoms with van der Waals surface area (Å²) in [6.45, 7) is 1.42. The zero-order valence-corrected chi connectivity index (χ0v) is 14.9. The molecule has 0 saturated carbocycles. The van der Waals surface area contributed by atoms with Crippen LogP contribution in [0.4, 0.5) is 5.69 Å². The molecule has 0 radical (unpaired) electrons. The van der Waals surface area contributed by atoms with E-state index in [1.165, 1.54) is 11.1 Å². The number of hydrogen-bond acceptors (Lipinski definition) is 4. The van der Waals surface area contributed by atoms with Gasteiger partial charge in [-0.1, -0.05) is 24.3 Å². The van der Waals surface area contributed by atoms with Crippen molar-refractivity contribution in [2.45, 2.75) is 12.5 Å². The highest BCUT2D eigenvalue weighted by Gasteiger charge is 2.21. The monoisotopic (exact) mass is 373 g/mol. The Kier molecular flexibility index (Phi) is 5.44. The summed E-state index contributed by atoms with van der Waals surface area (Å²) in [5.41, 5.74) is 3.59. The Morgan fingerprint density at radius 2 is 2.08 bits per heavy atom. The van der Waals surface area contributed by atoms with Crippen LogP contribution in [-0.4, -0.2) is 31.5 Å². The maximum Gasteiger partial charge on any atom is 0.262 e. The summed E-state index contributed by atoms with van der Waals surface area (Å²) in [5, 5.41) is 9.14. The van der Waals surface area contributed by atoms with Gasteiger partial charge in [0.2, 0.25) is 0 Å². The third-order valence-electron chi connectivity index (χ3n) is 4.56. The van der Waals surface area contributed by atoms with Gasteiger partial charge < -0.3 is 20.7 Å². The normalized spacial score (nSPS) is 17.7. The van der Waals surface area contributed by atoms with Crippen LogP contribution in [0, 0.1) is 0 Å². The van der Waals surface area contributed by atoms with Crippen LogP contribution < -0.4 is 20.7 Å². The summed E-state index contributed by atoms with van der Waals surface area (Å²) in [4.78, 5) is 23.9. The van der Waals surface area contributed by atoms with E-state index < -0.39 is 0 Å². The van der Waals surface area contributed by atoms with Gasteiger partial charge in [-0.15, -0.1) is 12.4 Å². The van der Waals surface area contributed by atoms with Crippen molar-refractivity contribution in [3.05, 3.63) is 59.2 Å². The summed E-state index contributed by atoms with van der Waals surface area (Å²) in [7, 11) is 0. The molecule has 0 saturated heterocycles. The number of benzene rings is 2. The molecule has 3 N–H and O–H groups in total. The number of carbonyl (C=O) groups is 2. The first-order valence-electron chi connectivity index (χ1n) is 8.37. The van der Waals surface area contributed by atoms with Gasteiger partial charge in [-0.05, 0) is 42.3 Å². The van der Waals surface area contributed by atoms with Crippen LogP contribution in [0.1, 0.15) is 27.5 Å². The number of halogens is 1. The molecular weight excluding hydrogens is 354 g/mol. The molecule has 6 nitrogen and oxygen atoms in total. The first kappa shape index (κ1) is 18.2.